The molecular formula is C20H18N2O2. The zero-order valence-electron chi connectivity index (χ0n) is 13.3. The van der Waals surface area contributed by atoms with Crippen molar-refractivity contribution in [2.75, 3.05) is 5.32 Å². The van der Waals surface area contributed by atoms with Crippen LogP contribution in [0.3, 0.4) is 0 Å². The molecule has 120 valence electrons. The van der Waals surface area contributed by atoms with Crippen molar-refractivity contribution in [3.05, 3.63) is 106 Å². The van der Waals surface area contributed by atoms with Gasteiger partial charge in [-0.2, -0.15) is 0 Å². The Morgan fingerprint density at radius 1 is 0.833 bits per heavy atom. The second kappa shape index (κ2) is 6.96. The molecule has 0 heterocycles. The first-order chi connectivity index (χ1) is 11.7. The molecule has 0 bridgehead atoms. The second-order valence-electron chi connectivity index (χ2n) is 5.61. The van der Waals surface area contributed by atoms with Gasteiger partial charge in [0, 0.05) is 17.3 Å². The summed E-state index contributed by atoms with van der Waals surface area (Å²) >= 11 is 0. The average Bonchev–Trinajstić information content (AvgIpc) is 2.62. The Hall–Kier alpha value is -3.14. The van der Waals surface area contributed by atoms with Crippen molar-refractivity contribution in [1.29, 1.82) is 0 Å². The molecule has 4 heteroatoms. The maximum Gasteiger partial charge on any atom is 0.274 e. The Morgan fingerprint density at radius 2 is 1.38 bits per heavy atom. The van der Waals surface area contributed by atoms with E-state index in [4.69, 9.17) is 0 Å². The highest BCUT2D eigenvalue weighted by Crippen LogP contribution is 2.31. The number of anilines is 1. The molecule has 0 aliphatic heterocycles. The van der Waals surface area contributed by atoms with E-state index in [-0.39, 0.29) is 16.7 Å². The fourth-order valence-corrected chi connectivity index (χ4v) is 2.78. The molecule has 3 rings (SSSR count). The first-order valence-electron chi connectivity index (χ1n) is 7.77. The summed E-state index contributed by atoms with van der Waals surface area (Å²) in [6.07, 6.45) is 0. The lowest BCUT2D eigenvalue weighted by molar-refractivity contribution is -0.385. The van der Waals surface area contributed by atoms with Gasteiger partial charge in [-0.15, -0.1) is 0 Å². The van der Waals surface area contributed by atoms with Crippen LogP contribution in [0.15, 0.2) is 78.9 Å². The maximum absolute atomic E-state index is 11.2. The van der Waals surface area contributed by atoms with E-state index < -0.39 is 0 Å². The van der Waals surface area contributed by atoms with E-state index in [1.165, 1.54) is 6.07 Å². The van der Waals surface area contributed by atoms with Crippen molar-refractivity contribution in [3.63, 3.8) is 0 Å². The minimum absolute atomic E-state index is 0.0758. The molecule has 0 fully saturated rings. The van der Waals surface area contributed by atoms with Crippen LogP contribution >= 0.6 is 0 Å². The first-order valence-corrected chi connectivity index (χ1v) is 7.77. The van der Waals surface area contributed by atoms with Gasteiger partial charge in [0.1, 0.15) is 0 Å². The zero-order chi connectivity index (χ0) is 16.9. The van der Waals surface area contributed by atoms with Crippen molar-refractivity contribution >= 4 is 11.4 Å². The summed E-state index contributed by atoms with van der Waals surface area (Å²) in [7, 11) is 0. The Balaban J connectivity index is 2.03. The van der Waals surface area contributed by atoms with Gasteiger partial charge in [0.2, 0.25) is 0 Å². The van der Waals surface area contributed by atoms with Crippen LogP contribution in [0, 0.1) is 17.0 Å². The van der Waals surface area contributed by atoms with Crippen LogP contribution in [0.25, 0.3) is 0 Å². The quantitative estimate of drug-likeness (QED) is 0.525. The zero-order valence-corrected chi connectivity index (χ0v) is 13.3. The number of hydrogen-bond acceptors (Lipinski definition) is 3. The van der Waals surface area contributed by atoms with Crippen LogP contribution in [0.2, 0.25) is 0 Å². The van der Waals surface area contributed by atoms with Gasteiger partial charge in [0.25, 0.3) is 5.69 Å². The number of benzene rings is 3. The molecule has 0 aliphatic rings. The van der Waals surface area contributed by atoms with Crippen LogP contribution in [0.4, 0.5) is 11.4 Å². The Labute approximate surface area is 140 Å². The predicted molar refractivity (Wildman–Crippen MR) is 96.2 cm³/mol. The number of hydrogen-bond donors (Lipinski definition) is 1. The SMILES string of the molecule is Cc1c(NC(c2ccccc2)c2ccccc2)cccc1[N+](=O)[O-]. The highest BCUT2D eigenvalue weighted by Gasteiger charge is 2.18. The largest absolute Gasteiger partial charge is 0.374 e. The molecular weight excluding hydrogens is 300 g/mol. The van der Waals surface area contributed by atoms with Crippen LogP contribution in [0.1, 0.15) is 22.7 Å². The molecule has 0 amide bonds. The summed E-state index contributed by atoms with van der Waals surface area (Å²) in [5, 5.41) is 14.6. The Kier molecular flexibility index (Phi) is 4.57. The third-order valence-electron chi connectivity index (χ3n) is 4.07. The van der Waals surface area contributed by atoms with Crippen molar-refractivity contribution < 1.29 is 4.92 Å². The first kappa shape index (κ1) is 15.7. The van der Waals surface area contributed by atoms with Crippen LogP contribution in [-0.4, -0.2) is 4.92 Å². The summed E-state index contributed by atoms with van der Waals surface area (Å²) < 4.78 is 0. The third-order valence-corrected chi connectivity index (χ3v) is 4.07. The van der Waals surface area contributed by atoms with Crippen molar-refractivity contribution in [1.82, 2.24) is 0 Å². The van der Waals surface area contributed by atoms with E-state index in [2.05, 4.69) is 29.6 Å². The van der Waals surface area contributed by atoms with Crippen LogP contribution in [-0.2, 0) is 0 Å². The summed E-state index contributed by atoms with van der Waals surface area (Å²) in [4.78, 5) is 10.8. The molecule has 0 aliphatic carbocycles. The van der Waals surface area contributed by atoms with Gasteiger partial charge in [-0.05, 0) is 24.1 Å². The monoisotopic (exact) mass is 318 g/mol. The van der Waals surface area contributed by atoms with Gasteiger partial charge >= 0.3 is 0 Å². The number of nitrogens with one attached hydrogen (secondary N) is 1. The standard InChI is InChI=1S/C20H18N2O2/c1-15-18(13-8-14-19(15)22(23)24)21-20(16-9-4-2-5-10-16)17-11-6-3-7-12-17/h2-14,20-21H,1H3. The summed E-state index contributed by atoms with van der Waals surface area (Å²) in [5.41, 5.74) is 3.74. The molecule has 3 aromatic rings. The molecule has 3 aromatic carbocycles. The maximum atomic E-state index is 11.2. The van der Waals surface area contributed by atoms with Gasteiger partial charge in [-0.1, -0.05) is 66.7 Å². The lowest BCUT2D eigenvalue weighted by atomic mass is 9.98. The highest BCUT2D eigenvalue weighted by molar-refractivity contribution is 5.61. The van der Waals surface area contributed by atoms with Gasteiger partial charge in [-0.25, -0.2) is 0 Å². The van der Waals surface area contributed by atoms with Gasteiger partial charge < -0.3 is 5.32 Å². The summed E-state index contributed by atoms with van der Waals surface area (Å²) in [6, 6.07) is 25.2. The van der Waals surface area contributed by atoms with Gasteiger partial charge in [0.05, 0.1) is 11.0 Å². The van der Waals surface area contributed by atoms with E-state index in [1.54, 1.807) is 13.0 Å². The average molecular weight is 318 g/mol. The molecule has 24 heavy (non-hydrogen) atoms. The van der Waals surface area contributed by atoms with E-state index in [0.29, 0.717) is 5.56 Å². The van der Waals surface area contributed by atoms with E-state index in [0.717, 1.165) is 16.8 Å². The predicted octanol–water partition coefficient (Wildman–Crippen LogP) is 5.10. The van der Waals surface area contributed by atoms with Crippen molar-refractivity contribution in [3.8, 4) is 0 Å². The van der Waals surface area contributed by atoms with Crippen LogP contribution in [0.5, 0.6) is 0 Å². The highest BCUT2D eigenvalue weighted by atomic mass is 16.6. The molecule has 0 saturated carbocycles. The molecule has 0 radical (unpaired) electrons. The summed E-state index contributed by atoms with van der Waals surface area (Å²) in [5.74, 6) is 0. The summed E-state index contributed by atoms with van der Waals surface area (Å²) in [6.45, 7) is 1.77. The minimum Gasteiger partial charge on any atom is -0.374 e. The minimum atomic E-state index is -0.347. The molecule has 4 nitrogen and oxygen atoms in total. The van der Waals surface area contributed by atoms with E-state index in [1.807, 2.05) is 42.5 Å². The van der Waals surface area contributed by atoms with Gasteiger partial charge in [0.15, 0.2) is 0 Å². The molecule has 0 atom stereocenters. The topological polar surface area (TPSA) is 55.2 Å². The fraction of sp³-hybridized carbons (Fsp3) is 0.100. The molecule has 0 saturated heterocycles. The normalized spacial score (nSPS) is 10.6. The lowest BCUT2D eigenvalue weighted by Crippen LogP contribution is -2.13. The number of nitro groups is 1. The second-order valence-corrected chi connectivity index (χ2v) is 5.61. The lowest BCUT2D eigenvalue weighted by Gasteiger charge is -2.22. The fourth-order valence-electron chi connectivity index (χ4n) is 2.78. The molecule has 0 unspecified atom stereocenters. The van der Waals surface area contributed by atoms with Gasteiger partial charge in [-0.3, -0.25) is 10.1 Å². The molecule has 1 N–H and O–H groups in total. The van der Waals surface area contributed by atoms with Crippen molar-refractivity contribution in [2.24, 2.45) is 0 Å². The number of nitro benzene ring substituents is 1. The smallest absolute Gasteiger partial charge is 0.274 e. The van der Waals surface area contributed by atoms with Crippen LogP contribution < -0.4 is 5.32 Å². The van der Waals surface area contributed by atoms with E-state index >= 15 is 0 Å². The van der Waals surface area contributed by atoms with Crippen molar-refractivity contribution in [2.45, 2.75) is 13.0 Å². The number of nitrogens with zero attached hydrogens (tertiary/aromatic N) is 1. The third kappa shape index (κ3) is 3.27. The number of rotatable bonds is 5. The molecule has 0 spiro atoms. The Bertz CT molecular complexity index is 793. The Morgan fingerprint density at radius 3 is 1.88 bits per heavy atom. The van der Waals surface area contributed by atoms with E-state index in [9.17, 15) is 10.1 Å². The molecule has 0 aromatic heterocycles.